The lowest BCUT2D eigenvalue weighted by Crippen LogP contribution is -2.23. The van der Waals surface area contributed by atoms with Gasteiger partial charge in [-0.15, -0.1) is 0 Å². The molecule has 0 unspecified atom stereocenters. The maximum absolute atomic E-state index is 13.4. The molecule has 2 aromatic heterocycles. The Kier molecular flexibility index (Phi) is 6.84. The Labute approximate surface area is 206 Å². The second-order valence-electron chi connectivity index (χ2n) is 7.96. The number of ketones is 1. The quantitative estimate of drug-likeness (QED) is 0.285. The Morgan fingerprint density at radius 3 is 2.40 bits per heavy atom. The van der Waals surface area contributed by atoms with Gasteiger partial charge >= 0.3 is 0 Å². The lowest BCUT2D eigenvalue weighted by molar-refractivity contribution is -0.114. The van der Waals surface area contributed by atoms with Gasteiger partial charge in [-0.1, -0.05) is 23.7 Å². The summed E-state index contributed by atoms with van der Waals surface area (Å²) in [5.41, 5.74) is 3.54. The lowest BCUT2D eigenvalue weighted by atomic mass is 10.1. The monoisotopic (exact) mass is 490 g/mol. The van der Waals surface area contributed by atoms with Gasteiger partial charge in [0.25, 0.3) is 11.7 Å². The van der Waals surface area contributed by atoms with Crippen molar-refractivity contribution in [2.24, 2.45) is 0 Å². The molecule has 0 aliphatic carbocycles. The Hall–Kier alpha value is -4.17. The molecule has 35 heavy (non-hydrogen) atoms. The second kappa shape index (κ2) is 9.99. The topological polar surface area (TPSA) is 102 Å². The van der Waals surface area contributed by atoms with Gasteiger partial charge in [0.15, 0.2) is 0 Å². The fraction of sp³-hybridized carbons (Fsp3) is 0.154. The van der Waals surface area contributed by atoms with Crippen molar-refractivity contribution < 1.29 is 19.1 Å². The number of nitrogens with zero attached hydrogens (tertiary/aromatic N) is 2. The predicted octanol–water partition coefficient (Wildman–Crippen LogP) is 4.83. The normalized spacial score (nSPS) is 10.7. The number of benzene rings is 2. The number of methoxy groups -OCH3 is 1. The van der Waals surface area contributed by atoms with Crippen molar-refractivity contribution in [2.75, 3.05) is 17.7 Å². The molecule has 0 aliphatic rings. The highest BCUT2D eigenvalue weighted by Gasteiger charge is 2.26. The molecule has 0 saturated heterocycles. The van der Waals surface area contributed by atoms with Crippen LogP contribution in [0.3, 0.4) is 0 Å². The van der Waals surface area contributed by atoms with Crippen LogP contribution in [0.1, 0.15) is 28.5 Å². The molecule has 8 nitrogen and oxygen atoms in total. The molecular weight excluding hydrogens is 468 g/mol. The number of rotatable bonds is 7. The molecule has 2 N–H and O–H groups in total. The number of nitrogens with one attached hydrogen (secondary N) is 2. The van der Waals surface area contributed by atoms with Crippen LogP contribution in [0.4, 0.5) is 11.4 Å². The van der Waals surface area contributed by atoms with Gasteiger partial charge in [-0.25, -0.2) is 4.98 Å². The molecule has 0 atom stereocenters. The van der Waals surface area contributed by atoms with Gasteiger partial charge < -0.3 is 19.9 Å². The smallest absolute Gasteiger partial charge is 0.296 e. The molecule has 0 saturated carbocycles. The number of hydrogen-bond donors (Lipinski definition) is 2. The zero-order valence-corrected chi connectivity index (χ0v) is 20.1. The van der Waals surface area contributed by atoms with Crippen LogP contribution in [0.2, 0.25) is 5.02 Å². The van der Waals surface area contributed by atoms with E-state index in [1.54, 1.807) is 37.3 Å². The predicted molar refractivity (Wildman–Crippen MR) is 135 cm³/mol. The summed E-state index contributed by atoms with van der Waals surface area (Å²) in [7, 11) is 1.46. The number of ether oxygens (including phenoxy) is 1. The van der Waals surface area contributed by atoms with Gasteiger partial charge in [0.05, 0.1) is 12.7 Å². The Bertz CT molecular complexity index is 1440. The van der Waals surface area contributed by atoms with E-state index in [-0.39, 0.29) is 11.5 Å². The first-order valence-corrected chi connectivity index (χ1v) is 11.1. The maximum Gasteiger partial charge on any atom is 0.296 e. The Morgan fingerprint density at radius 1 is 1.00 bits per heavy atom. The van der Waals surface area contributed by atoms with E-state index in [4.69, 9.17) is 16.3 Å². The van der Waals surface area contributed by atoms with E-state index >= 15 is 0 Å². The summed E-state index contributed by atoms with van der Waals surface area (Å²) in [6.07, 6.45) is 1.47. The van der Waals surface area contributed by atoms with E-state index in [0.29, 0.717) is 39.9 Å². The van der Waals surface area contributed by atoms with E-state index in [0.717, 1.165) is 11.1 Å². The van der Waals surface area contributed by atoms with Gasteiger partial charge in [0.1, 0.15) is 0 Å². The molecule has 2 amide bonds. The van der Waals surface area contributed by atoms with Crippen LogP contribution in [0, 0.1) is 6.92 Å². The van der Waals surface area contributed by atoms with Crippen molar-refractivity contribution >= 4 is 51.5 Å². The van der Waals surface area contributed by atoms with Crippen LogP contribution in [0.25, 0.3) is 10.9 Å². The molecule has 178 valence electrons. The van der Waals surface area contributed by atoms with E-state index in [9.17, 15) is 14.4 Å². The van der Waals surface area contributed by atoms with Crippen LogP contribution in [-0.4, -0.2) is 34.3 Å². The summed E-state index contributed by atoms with van der Waals surface area (Å²) in [5.74, 6) is -1.42. The second-order valence-corrected chi connectivity index (χ2v) is 8.39. The van der Waals surface area contributed by atoms with Crippen molar-refractivity contribution in [1.29, 1.82) is 0 Å². The minimum Gasteiger partial charge on any atom is -0.481 e. The third-order valence-corrected chi connectivity index (χ3v) is 5.78. The average Bonchev–Trinajstić information content (AvgIpc) is 3.10. The van der Waals surface area contributed by atoms with Gasteiger partial charge in [0.2, 0.25) is 11.8 Å². The third kappa shape index (κ3) is 5.17. The molecule has 0 radical (unpaired) electrons. The first-order valence-electron chi connectivity index (χ1n) is 10.8. The van der Waals surface area contributed by atoms with E-state index in [2.05, 4.69) is 15.6 Å². The summed E-state index contributed by atoms with van der Waals surface area (Å²) in [5, 5.41) is 6.54. The Morgan fingerprint density at radius 2 is 1.71 bits per heavy atom. The molecule has 0 fully saturated rings. The third-order valence-electron chi connectivity index (χ3n) is 5.53. The van der Waals surface area contributed by atoms with Crippen LogP contribution < -0.4 is 15.4 Å². The maximum atomic E-state index is 13.4. The summed E-state index contributed by atoms with van der Waals surface area (Å²) in [6.45, 7) is 3.67. The van der Waals surface area contributed by atoms with Crippen LogP contribution in [0.15, 0.2) is 60.8 Å². The number of aromatic nitrogens is 2. The van der Waals surface area contributed by atoms with Crippen molar-refractivity contribution in [3.63, 3.8) is 0 Å². The van der Waals surface area contributed by atoms with Gasteiger partial charge in [-0.2, -0.15) is 0 Å². The molecule has 2 heterocycles. The highest BCUT2D eigenvalue weighted by atomic mass is 35.5. The Balaban J connectivity index is 1.77. The van der Waals surface area contributed by atoms with E-state index in [1.165, 1.54) is 26.3 Å². The van der Waals surface area contributed by atoms with E-state index in [1.807, 2.05) is 22.8 Å². The summed E-state index contributed by atoms with van der Waals surface area (Å²) < 4.78 is 7.04. The number of fused-ring (bicyclic) bond motifs is 1. The van der Waals surface area contributed by atoms with Crippen molar-refractivity contribution in [1.82, 2.24) is 9.55 Å². The van der Waals surface area contributed by atoms with Crippen molar-refractivity contribution in [2.45, 2.75) is 20.4 Å². The molecule has 2 aromatic carbocycles. The molecule has 4 rings (SSSR count). The largest absolute Gasteiger partial charge is 0.481 e. The number of halogens is 1. The molecule has 4 aromatic rings. The van der Waals surface area contributed by atoms with E-state index < -0.39 is 11.7 Å². The molecular formula is C26H23ClN4O4. The molecule has 0 spiro atoms. The highest BCUT2D eigenvalue weighted by molar-refractivity contribution is 6.48. The van der Waals surface area contributed by atoms with Crippen molar-refractivity contribution in [3.05, 3.63) is 82.6 Å². The number of carbonyl (C=O) groups is 3. The highest BCUT2D eigenvalue weighted by Crippen LogP contribution is 2.30. The number of pyridine rings is 1. The van der Waals surface area contributed by atoms with Gasteiger partial charge in [-0.3, -0.25) is 14.4 Å². The number of hydrogen-bond acceptors (Lipinski definition) is 5. The zero-order chi connectivity index (χ0) is 25.1. The fourth-order valence-electron chi connectivity index (χ4n) is 3.93. The number of carbonyl (C=O) groups excluding carboxylic acids is 3. The number of anilines is 2. The van der Waals surface area contributed by atoms with Crippen molar-refractivity contribution in [3.8, 4) is 5.88 Å². The number of amides is 2. The van der Waals surface area contributed by atoms with Gasteiger partial charge in [-0.05, 0) is 48.9 Å². The summed E-state index contributed by atoms with van der Waals surface area (Å²) in [6, 6.07) is 15.8. The first-order chi connectivity index (χ1) is 16.8. The first kappa shape index (κ1) is 24.0. The minimum atomic E-state index is -0.795. The van der Waals surface area contributed by atoms with Crippen LogP contribution >= 0.6 is 11.6 Å². The van der Waals surface area contributed by atoms with Crippen LogP contribution in [0.5, 0.6) is 5.88 Å². The molecule has 0 aliphatic heterocycles. The minimum absolute atomic E-state index is 0.237. The zero-order valence-electron chi connectivity index (χ0n) is 19.4. The lowest BCUT2D eigenvalue weighted by Gasteiger charge is -2.10. The number of Topliss-reactive ketones (excluding diaryl/α,β-unsaturated/α-hetero) is 1. The van der Waals surface area contributed by atoms with Gasteiger partial charge in [0, 0.05) is 58.7 Å². The standard InChI is InChI=1S/C26H23ClN4O4/c1-15-24(25(33)26(34)30-20-10-11-28-23(13-20)35-3)21-12-19(29-16(2)32)8-9-22(21)31(15)14-17-4-6-18(27)7-5-17/h4-13H,14H2,1-3H3,(H,29,32)(H,28,30,34). The molecule has 9 heteroatoms. The van der Waals surface area contributed by atoms with Crippen LogP contribution in [-0.2, 0) is 16.1 Å². The average molecular weight is 491 g/mol. The summed E-state index contributed by atoms with van der Waals surface area (Å²) >= 11 is 6.02. The fourth-order valence-corrected chi connectivity index (χ4v) is 4.05. The summed E-state index contributed by atoms with van der Waals surface area (Å²) in [4.78, 5) is 42.0. The molecule has 0 bridgehead atoms. The SMILES string of the molecule is COc1cc(NC(=O)C(=O)c2c(C)n(Cc3ccc(Cl)cc3)c3ccc(NC(C)=O)cc23)ccn1.